The molecule has 1 fully saturated rings. The molecule has 5 heteroatoms. The van der Waals surface area contributed by atoms with Crippen LogP contribution in [0.25, 0.3) is 11.1 Å². The molecule has 0 spiro atoms. The van der Waals surface area contributed by atoms with E-state index in [9.17, 15) is 4.79 Å². The van der Waals surface area contributed by atoms with Crippen molar-refractivity contribution in [2.75, 3.05) is 31.2 Å². The molecule has 0 radical (unpaired) electrons. The summed E-state index contributed by atoms with van der Waals surface area (Å²) < 4.78 is 11.5. The Hall–Kier alpha value is -2.53. The Labute approximate surface area is 192 Å². The highest BCUT2D eigenvalue weighted by Crippen LogP contribution is 2.38. The van der Waals surface area contributed by atoms with Crippen molar-refractivity contribution >= 4 is 11.7 Å². The third-order valence-electron chi connectivity index (χ3n) is 6.53. The maximum atomic E-state index is 12.8. The smallest absolute Gasteiger partial charge is 0.322 e. The van der Waals surface area contributed by atoms with Crippen LogP contribution in [-0.2, 0) is 4.74 Å². The Morgan fingerprint density at radius 1 is 1.09 bits per heavy atom. The number of nitrogens with one attached hydrogen (secondary N) is 1. The molecule has 0 bridgehead atoms. The van der Waals surface area contributed by atoms with Crippen LogP contribution in [0.3, 0.4) is 0 Å². The monoisotopic (exact) mass is 436 g/mol. The van der Waals surface area contributed by atoms with Crippen molar-refractivity contribution in [2.24, 2.45) is 0 Å². The van der Waals surface area contributed by atoms with Gasteiger partial charge in [0.15, 0.2) is 0 Å². The highest BCUT2D eigenvalue weighted by atomic mass is 16.5. The molecule has 172 valence electrons. The normalized spacial score (nSPS) is 18.7. The molecular formula is C27H36N2O3. The van der Waals surface area contributed by atoms with Crippen molar-refractivity contribution in [3.63, 3.8) is 0 Å². The maximum Gasteiger partial charge on any atom is 0.322 e. The topological polar surface area (TPSA) is 50.8 Å². The molecule has 1 N–H and O–H groups in total. The van der Waals surface area contributed by atoms with Crippen molar-refractivity contribution in [1.29, 1.82) is 0 Å². The van der Waals surface area contributed by atoms with E-state index < -0.39 is 0 Å². The summed E-state index contributed by atoms with van der Waals surface area (Å²) in [5, 5.41) is 3.01. The van der Waals surface area contributed by atoms with E-state index in [2.05, 4.69) is 41.7 Å². The first-order valence-corrected chi connectivity index (χ1v) is 12.2. The minimum atomic E-state index is -0.0810. The summed E-state index contributed by atoms with van der Waals surface area (Å²) in [6, 6.07) is 15.1. The van der Waals surface area contributed by atoms with Gasteiger partial charge in [0.25, 0.3) is 0 Å². The van der Waals surface area contributed by atoms with Gasteiger partial charge in [0, 0.05) is 19.8 Å². The highest BCUT2D eigenvalue weighted by Gasteiger charge is 2.28. The lowest BCUT2D eigenvalue weighted by Gasteiger charge is -2.33. The Balaban J connectivity index is 1.46. The number of hydrogen-bond acceptors (Lipinski definition) is 3. The lowest BCUT2D eigenvalue weighted by molar-refractivity contribution is 0.145. The Morgan fingerprint density at radius 3 is 2.59 bits per heavy atom. The highest BCUT2D eigenvalue weighted by molar-refractivity contribution is 5.94. The van der Waals surface area contributed by atoms with Crippen molar-refractivity contribution in [3.05, 3.63) is 48.0 Å². The summed E-state index contributed by atoms with van der Waals surface area (Å²) in [5.41, 5.74) is 4.59. The molecule has 1 unspecified atom stereocenters. The van der Waals surface area contributed by atoms with Gasteiger partial charge in [0.2, 0.25) is 0 Å². The number of ether oxygens (including phenoxy) is 2. The molecule has 2 aromatic carbocycles. The van der Waals surface area contributed by atoms with Crippen molar-refractivity contribution in [2.45, 2.75) is 64.4 Å². The molecule has 2 amide bonds. The fraction of sp³-hybridized carbons (Fsp3) is 0.519. The minimum absolute atomic E-state index is 0.0550. The first-order valence-electron chi connectivity index (χ1n) is 12.2. The van der Waals surface area contributed by atoms with Crippen molar-refractivity contribution < 1.29 is 14.3 Å². The van der Waals surface area contributed by atoms with Crippen molar-refractivity contribution in [3.8, 4) is 16.9 Å². The van der Waals surface area contributed by atoms with E-state index in [0.29, 0.717) is 32.2 Å². The number of nitrogens with zero attached hydrogens (tertiary/aromatic N) is 1. The first-order chi connectivity index (χ1) is 15.7. The van der Waals surface area contributed by atoms with Crippen molar-refractivity contribution in [1.82, 2.24) is 5.32 Å². The standard InChI is InChI=1S/C27H36N2O3/c1-3-31-17-7-16-28-27(30)29-19-20(2)32-26-18-24(14-15-25(26)29)23-12-10-22(11-13-23)21-8-5-4-6-9-21/h10-15,18,20-21H,3-9,16-17,19H2,1-2H3,(H,28,30). The fourth-order valence-corrected chi connectivity index (χ4v) is 4.81. The van der Waals surface area contributed by atoms with Crippen LogP contribution in [0.5, 0.6) is 5.75 Å². The summed E-state index contributed by atoms with van der Waals surface area (Å²) >= 11 is 0. The average molecular weight is 437 g/mol. The first kappa shape index (κ1) is 22.7. The van der Waals surface area contributed by atoms with Gasteiger partial charge in [-0.25, -0.2) is 4.79 Å². The summed E-state index contributed by atoms with van der Waals surface area (Å²) in [5.74, 6) is 1.48. The van der Waals surface area contributed by atoms with Gasteiger partial charge in [-0.2, -0.15) is 0 Å². The van der Waals surface area contributed by atoms with E-state index >= 15 is 0 Å². The van der Waals surface area contributed by atoms with Gasteiger partial charge in [-0.3, -0.25) is 4.90 Å². The zero-order chi connectivity index (χ0) is 22.3. The zero-order valence-corrected chi connectivity index (χ0v) is 19.4. The third-order valence-corrected chi connectivity index (χ3v) is 6.53. The van der Waals surface area contributed by atoms with Gasteiger partial charge in [0.1, 0.15) is 11.9 Å². The lowest BCUT2D eigenvalue weighted by Crippen LogP contribution is -2.47. The van der Waals surface area contributed by atoms with Gasteiger partial charge in [-0.15, -0.1) is 0 Å². The van der Waals surface area contributed by atoms with Gasteiger partial charge >= 0.3 is 6.03 Å². The molecule has 32 heavy (non-hydrogen) atoms. The summed E-state index contributed by atoms with van der Waals surface area (Å²) in [6.07, 6.45) is 7.46. The number of urea groups is 1. The second-order valence-electron chi connectivity index (χ2n) is 8.96. The summed E-state index contributed by atoms with van der Waals surface area (Å²) in [4.78, 5) is 14.6. The summed E-state index contributed by atoms with van der Waals surface area (Å²) in [7, 11) is 0. The molecule has 1 saturated carbocycles. The van der Waals surface area contributed by atoms with Gasteiger partial charge in [-0.1, -0.05) is 49.6 Å². The molecule has 5 nitrogen and oxygen atoms in total. The Kier molecular flexibility index (Phi) is 7.69. The zero-order valence-electron chi connectivity index (χ0n) is 19.4. The number of carbonyl (C=O) groups excluding carboxylic acids is 1. The number of benzene rings is 2. The molecule has 2 aliphatic rings. The number of amides is 2. The number of fused-ring (bicyclic) bond motifs is 1. The maximum absolute atomic E-state index is 12.8. The number of hydrogen-bond donors (Lipinski definition) is 1. The van der Waals surface area contributed by atoms with E-state index in [0.717, 1.165) is 23.4 Å². The van der Waals surface area contributed by atoms with Crippen LogP contribution >= 0.6 is 0 Å². The van der Waals surface area contributed by atoms with E-state index in [1.807, 2.05) is 19.9 Å². The SMILES string of the molecule is CCOCCCNC(=O)N1CC(C)Oc2cc(-c3ccc(C4CCCCC4)cc3)ccc21. The molecule has 0 aromatic heterocycles. The number of carbonyl (C=O) groups is 1. The number of anilines is 1. The average Bonchev–Trinajstić information content (AvgIpc) is 2.83. The second kappa shape index (κ2) is 10.9. The van der Waals surface area contributed by atoms with Crippen LogP contribution in [0, 0.1) is 0 Å². The lowest BCUT2D eigenvalue weighted by atomic mass is 9.84. The van der Waals surface area contributed by atoms with Crippen LogP contribution in [0.2, 0.25) is 0 Å². The molecule has 1 heterocycles. The van der Waals surface area contributed by atoms with E-state index in [1.165, 1.54) is 43.2 Å². The van der Waals surface area contributed by atoms with E-state index in [-0.39, 0.29) is 12.1 Å². The van der Waals surface area contributed by atoms with Gasteiger partial charge in [-0.05, 0) is 67.9 Å². The predicted octanol–water partition coefficient (Wildman–Crippen LogP) is 6.12. The number of rotatable bonds is 7. The van der Waals surface area contributed by atoms with Crippen LogP contribution in [0.4, 0.5) is 10.5 Å². The molecule has 1 aliphatic carbocycles. The molecule has 0 saturated heterocycles. The van der Waals surface area contributed by atoms with Gasteiger partial charge in [0.05, 0.1) is 12.2 Å². The van der Waals surface area contributed by atoms with Crippen LogP contribution in [0.15, 0.2) is 42.5 Å². The third kappa shape index (κ3) is 5.44. The molecular weight excluding hydrogens is 400 g/mol. The van der Waals surface area contributed by atoms with E-state index in [1.54, 1.807) is 4.90 Å². The Bertz CT molecular complexity index is 890. The molecule has 1 atom stereocenters. The van der Waals surface area contributed by atoms with Crippen LogP contribution in [-0.4, -0.2) is 38.4 Å². The van der Waals surface area contributed by atoms with E-state index in [4.69, 9.17) is 9.47 Å². The largest absolute Gasteiger partial charge is 0.487 e. The molecule has 2 aromatic rings. The summed E-state index contributed by atoms with van der Waals surface area (Å²) in [6.45, 7) is 6.49. The van der Waals surface area contributed by atoms with Crippen LogP contribution < -0.4 is 15.0 Å². The molecule has 4 rings (SSSR count). The fourth-order valence-electron chi connectivity index (χ4n) is 4.81. The quantitative estimate of drug-likeness (QED) is 0.532. The predicted molar refractivity (Wildman–Crippen MR) is 130 cm³/mol. The van der Waals surface area contributed by atoms with Gasteiger partial charge < -0.3 is 14.8 Å². The second-order valence-corrected chi connectivity index (χ2v) is 8.96. The minimum Gasteiger partial charge on any atom is -0.487 e. The van der Waals surface area contributed by atoms with Crippen LogP contribution in [0.1, 0.15) is 63.9 Å². The molecule has 1 aliphatic heterocycles. The Morgan fingerprint density at radius 2 is 1.84 bits per heavy atom.